The largest absolute Gasteiger partial charge is 0.277 e. The van der Waals surface area contributed by atoms with Crippen molar-refractivity contribution in [2.75, 3.05) is 0 Å². The topological polar surface area (TPSA) is 56.0 Å². The lowest BCUT2D eigenvalue weighted by molar-refractivity contribution is 0.914. The molecule has 3 rings (SSSR count). The van der Waals surface area contributed by atoms with Crippen molar-refractivity contribution in [2.24, 2.45) is 0 Å². The predicted octanol–water partition coefficient (Wildman–Crippen LogP) is 2.49. The standard InChI is InChI=1S/C8H4BrN5S2/c9-6-11-13-8(15-6)16-7-12-10-5-3-1-2-4-14(5)7/h1-4H. The maximum Gasteiger partial charge on any atom is 0.202 e. The van der Waals surface area contributed by atoms with Crippen LogP contribution in [-0.2, 0) is 0 Å². The molecular formula is C8H4BrN5S2. The number of pyridine rings is 1. The van der Waals surface area contributed by atoms with Crippen molar-refractivity contribution in [1.82, 2.24) is 24.8 Å². The van der Waals surface area contributed by atoms with Crippen LogP contribution in [0.4, 0.5) is 0 Å². The minimum Gasteiger partial charge on any atom is -0.277 e. The summed E-state index contributed by atoms with van der Waals surface area (Å²) in [5, 5.41) is 16.8. The van der Waals surface area contributed by atoms with E-state index in [-0.39, 0.29) is 0 Å². The molecule has 80 valence electrons. The lowest BCUT2D eigenvalue weighted by atomic mass is 10.5. The van der Waals surface area contributed by atoms with Crippen molar-refractivity contribution in [3.8, 4) is 0 Å². The summed E-state index contributed by atoms with van der Waals surface area (Å²) in [6.45, 7) is 0. The fourth-order valence-corrected chi connectivity index (χ4v) is 3.57. The second kappa shape index (κ2) is 4.11. The first-order valence-corrected chi connectivity index (χ1v) is 6.72. The molecule has 0 bridgehead atoms. The summed E-state index contributed by atoms with van der Waals surface area (Å²) >= 11 is 6.19. The minimum absolute atomic E-state index is 0.767. The first kappa shape index (κ1) is 10.2. The minimum atomic E-state index is 0.767. The van der Waals surface area contributed by atoms with Crippen molar-refractivity contribution in [1.29, 1.82) is 0 Å². The van der Waals surface area contributed by atoms with Crippen LogP contribution in [-0.4, -0.2) is 24.8 Å². The monoisotopic (exact) mass is 313 g/mol. The predicted molar refractivity (Wildman–Crippen MR) is 64.7 cm³/mol. The van der Waals surface area contributed by atoms with Crippen LogP contribution >= 0.6 is 39.0 Å². The number of hydrogen-bond donors (Lipinski definition) is 0. The van der Waals surface area contributed by atoms with Gasteiger partial charge >= 0.3 is 0 Å². The molecule has 0 saturated heterocycles. The van der Waals surface area contributed by atoms with Crippen molar-refractivity contribution in [2.45, 2.75) is 9.50 Å². The van der Waals surface area contributed by atoms with E-state index in [0.717, 1.165) is 19.1 Å². The van der Waals surface area contributed by atoms with Crippen LogP contribution in [0.25, 0.3) is 5.65 Å². The van der Waals surface area contributed by atoms with Crippen LogP contribution < -0.4 is 0 Å². The molecule has 16 heavy (non-hydrogen) atoms. The Kier molecular flexibility index (Phi) is 2.62. The fraction of sp³-hybridized carbons (Fsp3) is 0. The Morgan fingerprint density at radius 3 is 2.94 bits per heavy atom. The van der Waals surface area contributed by atoms with Crippen molar-refractivity contribution < 1.29 is 0 Å². The zero-order valence-electron chi connectivity index (χ0n) is 7.74. The second-order valence-corrected chi connectivity index (χ2v) is 6.30. The number of aromatic nitrogens is 5. The average molecular weight is 314 g/mol. The zero-order chi connectivity index (χ0) is 11.0. The number of hydrogen-bond acceptors (Lipinski definition) is 6. The third-order valence-corrected chi connectivity index (χ3v) is 4.21. The van der Waals surface area contributed by atoms with E-state index in [0.29, 0.717) is 0 Å². The second-order valence-electron chi connectivity index (χ2n) is 2.83. The van der Waals surface area contributed by atoms with Gasteiger partial charge in [0.15, 0.2) is 13.9 Å². The fourth-order valence-electron chi connectivity index (χ4n) is 1.20. The Morgan fingerprint density at radius 2 is 2.12 bits per heavy atom. The lowest BCUT2D eigenvalue weighted by Crippen LogP contribution is -1.85. The Bertz CT molecular complexity index is 634. The van der Waals surface area contributed by atoms with Gasteiger partial charge in [0, 0.05) is 6.20 Å². The SMILES string of the molecule is Brc1nnc(Sc2nnc3ccccn23)s1. The van der Waals surface area contributed by atoms with E-state index < -0.39 is 0 Å². The highest BCUT2D eigenvalue weighted by atomic mass is 79.9. The van der Waals surface area contributed by atoms with Gasteiger partial charge in [-0.2, -0.15) is 0 Å². The summed E-state index contributed by atoms with van der Waals surface area (Å²) in [5.74, 6) is 0. The van der Waals surface area contributed by atoms with Gasteiger partial charge in [-0.05, 0) is 39.8 Å². The molecule has 3 aromatic heterocycles. The molecule has 0 aliphatic rings. The molecule has 0 radical (unpaired) electrons. The van der Waals surface area contributed by atoms with E-state index in [4.69, 9.17) is 0 Å². The average Bonchev–Trinajstić information content (AvgIpc) is 2.87. The maximum atomic E-state index is 4.10. The number of fused-ring (bicyclic) bond motifs is 1. The van der Waals surface area contributed by atoms with E-state index in [1.54, 1.807) is 0 Å². The summed E-state index contributed by atoms with van der Waals surface area (Å²) in [6, 6.07) is 5.78. The lowest BCUT2D eigenvalue weighted by Gasteiger charge is -1.94. The van der Waals surface area contributed by atoms with Gasteiger partial charge in [-0.3, -0.25) is 4.40 Å². The normalized spacial score (nSPS) is 11.1. The van der Waals surface area contributed by atoms with Gasteiger partial charge in [0.05, 0.1) is 0 Å². The van der Waals surface area contributed by atoms with Crippen LogP contribution in [0.2, 0.25) is 0 Å². The highest BCUT2D eigenvalue weighted by Crippen LogP contribution is 2.30. The van der Waals surface area contributed by atoms with Crippen LogP contribution in [0.15, 0.2) is 37.8 Å². The summed E-state index contributed by atoms with van der Waals surface area (Å²) in [4.78, 5) is 0. The molecule has 0 aromatic carbocycles. The number of nitrogens with zero attached hydrogens (tertiary/aromatic N) is 5. The molecule has 3 aromatic rings. The van der Waals surface area contributed by atoms with Gasteiger partial charge < -0.3 is 0 Å². The van der Waals surface area contributed by atoms with Crippen molar-refractivity contribution in [3.63, 3.8) is 0 Å². The molecule has 0 aliphatic carbocycles. The van der Waals surface area contributed by atoms with E-state index in [9.17, 15) is 0 Å². The maximum absolute atomic E-state index is 4.10. The molecule has 0 spiro atoms. The number of rotatable bonds is 2. The first-order valence-electron chi connectivity index (χ1n) is 4.29. The van der Waals surface area contributed by atoms with Crippen LogP contribution in [0.5, 0.6) is 0 Å². The summed E-state index contributed by atoms with van der Waals surface area (Å²) in [7, 11) is 0. The highest BCUT2D eigenvalue weighted by Gasteiger charge is 2.09. The van der Waals surface area contributed by atoms with Gasteiger partial charge in [0.25, 0.3) is 0 Å². The highest BCUT2D eigenvalue weighted by molar-refractivity contribution is 9.11. The van der Waals surface area contributed by atoms with Gasteiger partial charge in [0.2, 0.25) is 5.16 Å². The van der Waals surface area contributed by atoms with Crippen LogP contribution in [0, 0.1) is 0 Å². The van der Waals surface area contributed by atoms with Gasteiger partial charge in [-0.15, -0.1) is 20.4 Å². The van der Waals surface area contributed by atoms with Crippen LogP contribution in [0.1, 0.15) is 0 Å². The Morgan fingerprint density at radius 1 is 1.19 bits per heavy atom. The molecule has 0 aliphatic heterocycles. The Hall–Kier alpha value is -0.990. The summed E-state index contributed by atoms with van der Waals surface area (Å²) < 4.78 is 3.52. The van der Waals surface area contributed by atoms with Crippen molar-refractivity contribution >= 4 is 44.7 Å². The summed E-state index contributed by atoms with van der Waals surface area (Å²) in [5.41, 5.74) is 0.827. The van der Waals surface area contributed by atoms with E-state index in [1.165, 1.54) is 23.1 Å². The molecule has 8 heteroatoms. The first-order chi connectivity index (χ1) is 7.83. The molecule has 5 nitrogen and oxygen atoms in total. The van der Waals surface area contributed by atoms with Crippen LogP contribution in [0.3, 0.4) is 0 Å². The van der Waals surface area contributed by atoms with Crippen molar-refractivity contribution in [3.05, 3.63) is 28.3 Å². The van der Waals surface area contributed by atoms with E-state index in [1.807, 2.05) is 28.8 Å². The van der Waals surface area contributed by atoms with Gasteiger partial charge in [-0.25, -0.2) is 0 Å². The molecule has 0 N–H and O–H groups in total. The Labute approximate surface area is 107 Å². The molecule has 0 unspecified atom stereocenters. The zero-order valence-corrected chi connectivity index (χ0v) is 11.0. The summed E-state index contributed by atoms with van der Waals surface area (Å²) in [6.07, 6.45) is 1.92. The molecule has 0 saturated carbocycles. The molecule has 0 atom stereocenters. The van der Waals surface area contributed by atoms with Gasteiger partial charge in [-0.1, -0.05) is 17.4 Å². The third-order valence-electron chi connectivity index (χ3n) is 1.84. The molecular weight excluding hydrogens is 310 g/mol. The van der Waals surface area contributed by atoms with E-state index in [2.05, 4.69) is 36.3 Å². The smallest absolute Gasteiger partial charge is 0.202 e. The Balaban J connectivity index is 2.00. The quantitative estimate of drug-likeness (QED) is 0.727. The molecule has 3 heterocycles. The molecule has 0 fully saturated rings. The molecule has 0 amide bonds. The van der Waals surface area contributed by atoms with E-state index >= 15 is 0 Å². The van der Waals surface area contributed by atoms with Gasteiger partial charge in [0.1, 0.15) is 0 Å². The number of halogens is 1. The third kappa shape index (κ3) is 1.83.